The lowest BCUT2D eigenvalue weighted by atomic mass is 10.2. The largest absolute Gasteiger partial charge is 0.441 e. The van der Waals surface area contributed by atoms with E-state index >= 15 is 0 Å². The molecule has 2 aromatic heterocycles. The quantitative estimate of drug-likeness (QED) is 0.504. The zero-order valence-electron chi connectivity index (χ0n) is 13.2. The molecule has 0 spiro atoms. The number of aromatic nitrogens is 4. The van der Waals surface area contributed by atoms with Crippen molar-refractivity contribution in [1.29, 1.82) is 0 Å². The molecule has 0 unspecified atom stereocenters. The SMILES string of the molecule is Cc1oc(-c2ccccc2)nc1CC(=O)NCCSc1cn[nH]n1. The molecule has 3 rings (SSSR count). The van der Waals surface area contributed by atoms with Gasteiger partial charge in [0.2, 0.25) is 11.8 Å². The van der Waals surface area contributed by atoms with E-state index in [1.54, 1.807) is 6.20 Å². The van der Waals surface area contributed by atoms with E-state index in [0.29, 0.717) is 23.9 Å². The highest BCUT2D eigenvalue weighted by molar-refractivity contribution is 7.99. The summed E-state index contributed by atoms with van der Waals surface area (Å²) in [5.74, 6) is 1.86. The summed E-state index contributed by atoms with van der Waals surface area (Å²) in [6, 6.07) is 9.64. The van der Waals surface area contributed by atoms with Gasteiger partial charge in [0.05, 0.1) is 18.3 Å². The average molecular weight is 343 g/mol. The van der Waals surface area contributed by atoms with Gasteiger partial charge in [0.25, 0.3) is 0 Å². The van der Waals surface area contributed by atoms with Crippen molar-refractivity contribution >= 4 is 17.7 Å². The predicted molar refractivity (Wildman–Crippen MR) is 90.5 cm³/mol. The van der Waals surface area contributed by atoms with E-state index in [2.05, 4.69) is 25.7 Å². The number of rotatable bonds is 7. The fraction of sp³-hybridized carbons (Fsp3) is 0.250. The van der Waals surface area contributed by atoms with Gasteiger partial charge in [-0.1, -0.05) is 18.2 Å². The number of benzene rings is 1. The first kappa shape index (κ1) is 16.3. The fourth-order valence-electron chi connectivity index (χ4n) is 2.12. The average Bonchev–Trinajstić information content (AvgIpc) is 3.23. The van der Waals surface area contributed by atoms with Crippen LogP contribution in [0.2, 0.25) is 0 Å². The van der Waals surface area contributed by atoms with Gasteiger partial charge in [0.15, 0.2) is 0 Å². The lowest BCUT2D eigenvalue weighted by Gasteiger charge is -2.02. The Balaban J connectivity index is 1.50. The molecule has 24 heavy (non-hydrogen) atoms. The van der Waals surface area contributed by atoms with Crippen molar-refractivity contribution in [3.63, 3.8) is 0 Å². The number of carbonyl (C=O) groups is 1. The van der Waals surface area contributed by atoms with Gasteiger partial charge in [-0.3, -0.25) is 4.79 Å². The van der Waals surface area contributed by atoms with E-state index in [-0.39, 0.29) is 12.3 Å². The number of nitrogens with one attached hydrogen (secondary N) is 2. The maximum absolute atomic E-state index is 12.0. The normalized spacial score (nSPS) is 10.7. The molecule has 2 heterocycles. The summed E-state index contributed by atoms with van der Waals surface area (Å²) in [6.07, 6.45) is 1.85. The Kier molecular flexibility index (Phi) is 5.27. The topological polar surface area (TPSA) is 96.7 Å². The van der Waals surface area contributed by atoms with Crippen LogP contribution in [-0.2, 0) is 11.2 Å². The molecule has 0 aliphatic rings. The Hall–Kier alpha value is -2.61. The Morgan fingerprint density at radius 3 is 2.92 bits per heavy atom. The van der Waals surface area contributed by atoms with Crippen LogP contribution in [0, 0.1) is 6.92 Å². The number of amides is 1. The summed E-state index contributed by atoms with van der Waals surface area (Å²) in [6.45, 7) is 2.38. The van der Waals surface area contributed by atoms with Crippen molar-refractivity contribution in [3.05, 3.63) is 48.0 Å². The van der Waals surface area contributed by atoms with Gasteiger partial charge in [-0.25, -0.2) is 4.98 Å². The minimum atomic E-state index is -0.0771. The van der Waals surface area contributed by atoms with Crippen LogP contribution < -0.4 is 5.32 Å². The molecular formula is C16H17N5O2S. The van der Waals surface area contributed by atoms with E-state index in [4.69, 9.17) is 4.42 Å². The van der Waals surface area contributed by atoms with E-state index in [1.807, 2.05) is 37.3 Å². The van der Waals surface area contributed by atoms with Gasteiger partial charge in [-0.2, -0.15) is 10.3 Å². The summed E-state index contributed by atoms with van der Waals surface area (Å²) in [5, 5.41) is 13.9. The van der Waals surface area contributed by atoms with E-state index < -0.39 is 0 Å². The molecule has 124 valence electrons. The molecule has 0 saturated heterocycles. The number of nitrogens with zero attached hydrogens (tertiary/aromatic N) is 3. The lowest BCUT2D eigenvalue weighted by molar-refractivity contribution is -0.120. The van der Waals surface area contributed by atoms with Crippen molar-refractivity contribution in [3.8, 4) is 11.5 Å². The second-order valence-corrected chi connectivity index (χ2v) is 6.19. The number of hydrogen-bond acceptors (Lipinski definition) is 6. The zero-order valence-corrected chi connectivity index (χ0v) is 14.0. The molecule has 7 nitrogen and oxygen atoms in total. The van der Waals surface area contributed by atoms with E-state index in [9.17, 15) is 4.79 Å². The van der Waals surface area contributed by atoms with Crippen molar-refractivity contribution in [2.45, 2.75) is 18.4 Å². The van der Waals surface area contributed by atoms with Crippen LogP contribution in [0.15, 0.2) is 46.0 Å². The van der Waals surface area contributed by atoms with Crippen LogP contribution in [0.1, 0.15) is 11.5 Å². The first-order valence-corrected chi connectivity index (χ1v) is 8.48. The van der Waals surface area contributed by atoms with Crippen molar-refractivity contribution in [2.75, 3.05) is 12.3 Å². The molecule has 8 heteroatoms. The van der Waals surface area contributed by atoms with Gasteiger partial charge in [0.1, 0.15) is 10.8 Å². The first-order valence-electron chi connectivity index (χ1n) is 7.49. The minimum absolute atomic E-state index is 0.0771. The maximum Gasteiger partial charge on any atom is 0.226 e. The first-order chi connectivity index (χ1) is 11.7. The molecule has 1 aromatic carbocycles. The van der Waals surface area contributed by atoms with Crippen molar-refractivity contribution in [2.24, 2.45) is 0 Å². The molecule has 0 aliphatic heterocycles. The van der Waals surface area contributed by atoms with Gasteiger partial charge in [0, 0.05) is 17.9 Å². The van der Waals surface area contributed by atoms with Crippen LogP contribution in [0.25, 0.3) is 11.5 Å². The highest BCUT2D eigenvalue weighted by Gasteiger charge is 2.14. The summed E-state index contributed by atoms with van der Waals surface area (Å²) in [4.78, 5) is 16.5. The number of carbonyl (C=O) groups excluding carboxylic acids is 1. The standard InChI is InChI=1S/C16H17N5O2S/c1-11-13(19-16(23-11)12-5-3-2-4-6-12)9-14(22)17-7-8-24-15-10-18-21-20-15/h2-6,10H,7-9H2,1H3,(H,17,22)(H,18,20,21). The van der Waals surface area contributed by atoms with Gasteiger partial charge < -0.3 is 9.73 Å². The zero-order chi connectivity index (χ0) is 16.8. The molecule has 0 radical (unpaired) electrons. The predicted octanol–water partition coefficient (Wildman–Crippen LogP) is 2.22. The second kappa shape index (κ2) is 7.78. The third-order valence-corrected chi connectivity index (χ3v) is 4.21. The smallest absolute Gasteiger partial charge is 0.226 e. The summed E-state index contributed by atoms with van der Waals surface area (Å²) >= 11 is 1.53. The summed E-state index contributed by atoms with van der Waals surface area (Å²) in [7, 11) is 0. The Morgan fingerprint density at radius 2 is 2.17 bits per heavy atom. The molecular weight excluding hydrogens is 326 g/mol. The van der Waals surface area contributed by atoms with Crippen molar-refractivity contribution in [1.82, 2.24) is 25.7 Å². The van der Waals surface area contributed by atoms with Crippen molar-refractivity contribution < 1.29 is 9.21 Å². The van der Waals surface area contributed by atoms with E-state index in [0.717, 1.165) is 16.3 Å². The van der Waals surface area contributed by atoms with Crippen LogP contribution in [-0.4, -0.2) is 38.6 Å². The number of aromatic amines is 1. The number of hydrogen-bond donors (Lipinski definition) is 2. The number of H-pyrrole nitrogens is 1. The number of thioether (sulfide) groups is 1. The third kappa shape index (κ3) is 4.23. The lowest BCUT2D eigenvalue weighted by Crippen LogP contribution is -2.27. The maximum atomic E-state index is 12.0. The molecule has 0 saturated carbocycles. The van der Waals surface area contributed by atoms with E-state index in [1.165, 1.54) is 11.8 Å². The fourth-order valence-corrected chi connectivity index (χ4v) is 2.76. The Labute approximate surface area is 143 Å². The molecule has 0 aliphatic carbocycles. The number of aryl methyl sites for hydroxylation is 1. The Bertz CT molecular complexity index is 786. The molecule has 0 fully saturated rings. The molecule has 3 aromatic rings. The van der Waals surface area contributed by atoms with Gasteiger partial charge in [-0.05, 0) is 19.1 Å². The van der Waals surface area contributed by atoms with Crippen LogP contribution >= 0.6 is 11.8 Å². The molecule has 1 amide bonds. The monoisotopic (exact) mass is 343 g/mol. The molecule has 0 bridgehead atoms. The van der Waals surface area contributed by atoms with Crippen LogP contribution in [0.3, 0.4) is 0 Å². The second-order valence-electron chi connectivity index (χ2n) is 5.07. The van der Waals surface area contributed by atoms with Crippen LogP contribution in [0.5, 0.6) is 0 Å². The Morgan fingerprint density at radius 1 is 1.33 bits per heavy atom. The van der Waals surface area contributed by atoms with Crippen LogP contribution in [0.4, 0.5) is 0 Å². The minimum Gasteiger partial charge on any atom is -0.441 e. The summed E-state index contributed by atoms with van der Waals surface area (Å²) < 4.78 is 5.66. The number of oxazole rings is 1. The third-order valence-electron chi connectivity index (χ3n) is 3.31. The molecule has 0 atom stereocenters. The highest BCUT2D eigenvalue weighted by atomic mass is 32.2. The van der Waals surface area contributed by atoms with Gasteiger partial charge in [-0.15, -0.1) is 16.9 Å². The summed E-state index contributed by atoms with van der Waals surface area (Å²) in [5.41, 5.74) is 1.56. The van der Waals surface area contributed by atoms with Gasteiger partial charge >= 0.3 is 0 Å². The highest BCUT2D eigenvalue weighted by Crippen LogP contribution is 2.21. The molecule has 2 N–H and O–H groups in total.